The van der Waals surface area contributed by atoms with Crippen LogP contribution in [0.15, 0.2) is 30.6 Å². The molecule has 2 bridgehead atoms. The molecule has 23 heavy (non-hydrogen) atoms. The van der Waals surface area contributed by atoms with Gasteiger partial charge in [0, 0.05) is 23.7 Å². The molecule has 5 heteroatoms. The Morgan fingerprint density at radius 3 is 3.00 bits per heavy atom. The van der Waals surface area contributed by atoms with Crippen molar-refractivity contribution >= 4 is 11.6 Å². The predicted octanol–water partition coefficient (Wildman–Crippen LogP) is 3.34. The summed E-state index contributed by atoms with van der Waals surface area (Å²) in [6.45, 7) is 2.89. The van der Waals surface area contributed by atoms with Crippen LogP contribution in [0.25, 0.3) is 11.4 Å². The summed E-state index contributed by atoms with van der Waals surface area (Å²) in [5.74, 6) is 2.61. The van der Waals surface area contributed by atoms with Gasteiger partial charge in [-0.2, -0.15) is 0 Å². The van der Waals surface area contributed by atoms with Gasteiger partial charge in [0.05, 0.1) is 0 Å². The quantitative estimate of drug-likeness (QED) is 0.942. The zero-order valence-electron chi connectivity index (χ0n) is 13.4. The molecule has 1 amide bonds. The molecule has 1 heterocycles. The lowest BCUT2D eigenvalue weighted by Gasteiger charge is -2.20. The van der Waals surface area contributed by atoms with E-state index in [1.165, 1.54) is 19.3 Å². The lowest BCUT2D eigenvalue weighted by Crippen LogP contribution is -2.27. The zero-order valence-corrected chi connectivity index (χ0v) is 13.4. The first kappa shape index (κ1) is 14.4. The van der Waals surface area contributed by atoms with E-state index in [1.54, 1.807) is 6.33 Å². The van der Waals surface area contributed by atoms with E-state index >= 15 is 0 Å². The predicted molar refractivity (Wildman–Crippen MR) is 88.7 cm³/mol. The molecule has 1 aromatic heterocycles. The number of nitrogens with zero attached hydrogens (tertiary/aromatic N) is 3. The number of anilines is 1. The van der Waals surface area contributed by atoms with E-state index in [0.717, 1.165) is 36.0 Å². The summed E-state index contributed by atoms with van der Waals surface area (Å²) in [4.78, 5) is 12.6. The molecule has 4 rings (SSSR count). The van der Waals surface area contributed by atoms with Crippen LogP contribution >= 0.6 is 0 Å². The first-order chi connectivity index (χ1) is 11.2. The van der Waals surface area contributed by atoms with Crippen LogP contribution in [-0.2, 0) is 11.3 Å². The van der Waals surface area contributed by atoms with Gasteiger partial charge in [0.25, 0.3) is 0 Å². The summed E-state index contributed by atoms with van der Waals surface area (Å²) in [7, 11) is 0. The fraction of sp³-hybridized carbons (Fsp3) is 0.500. The van der Waals surface area contributed by atoms with Gasteiger partial charge in [-0.25, -0.2) is 0 Å². The van der Waals surface area contributed by atoms with Crippen molar-refractivity contribution in [1.82, 2.24) is 14.8 Å². The molecule has 2 aromatic rings. The fourth-order valence-electron chi connectivity index (χ4n) is 4.25. The number of aromatic nitrogens is 3. The molecule has 2 aliphatic carbocycles. The molecular formula is C18H22N4O. The number of benzene rings is 1. The van der Waals surface area contributed by atoms with Gasteiger partial charge in [0.1, 0.15) is 6.33 Å². The second-order valence-electron chi connectivity index (χ2n) is 6.79. The summed E-state index contributed by atoms with van der Waals surface area (Å²) < 4.78 is 2.00. The summed E-state index contributed by atoms with van der Waals surface area (Å²) in [5, 5.41) is 11.3. The first-order valence-corrected chi connectivity index (χ1v) is 8.53. The highest BCUT2D eigenvalue weighted by atomic mass is 16.1. The minimum absolute atomic E-state index is 0.186. The van der Waals surface area contributed by atoms with Crippen molar-refractivity contribution in [3.63, 3.8) is 0 Å². The van der Waals surface area contributed by atoms with Gasteiger partial charge in [-0.05, 0) is 50.2 Å². The monoisotopic (exact) mass is 310 g/mol. The molecule has 120 valence electrons. The van der Waals surface area contributed by atoms with Crippen LogP contribution in [0.5, 0.6) is 0 Å². The SMILES string of the molecule is CCn1cnnc1-c1cccc(NC(=O)[C@@H]2C[C@H]3CC[C@H]2C3)c1. The van der Waals surface area contributed by atoms with Gasteiger partial charge in [-0.3, -0.25) is 4.79 Å². The Kier molecular flexibility index (Phi) is 3.63. The van der Waals surface area contributed by atoms with Gasteiger partial charge < -0.3 is 9.88 Å². The lowest BCUT2D eigenvalue weighted by molar-refractivity contribution is -0.121. The van der Waals surface area contributed by atoms with Crippen molar-refractivity contribution in [2.45, 2.75) is 39.2 Å². The number of hydrogen-bond donors (Lipinski definition) is 1. The Hall–Kier alpha value is -2.17. The molecule has 2 fully saturated rings. The summed E-state index contributed by atoms with van der Waals surface area (Å²) in [6.07, 6.45) is 6.59. The Balaban J connectivity index is 1.51. The third-order valence-electron chi connectivity index (χ3n) is 5.42. The highest BCUT2D eigenvalue weighted by Crippen LogP contribution is 2.48. The average molecular weight is 310 g/mol. The molecule has 1 N–H and O–H groups in total. The molecule has 2 saturated carbocycles. The number of carbonyl (C=O) groups is 1. The summed E-state index contributed by atoms with van der Waals surface area (Å²) >= 11 is 0. The van der Waals surface area contributed by atoms with E-state index in [1.807, 2.05) is 28.8 Å². The molecule has 0 spiro atoms. The first-order valence-electron chi connectivity index (χ1n) is 8.53. The maximum absolute atomic E-state index is 12.6. The molecule has 0 aliphatic heterocycles. The molecule has 0 saturated heterocycles. The topological polar surface area (TPSA) is 59.8 Å². The van der Waals surface area contributed by atoms with Crippen LogP contribution in [-0.4, -0.2) is 20.7 Å². The van der Waals surface area contributed by atoms with Crippen LogP contribution in [0.3, 0.4) is 0 Å². The van der Waals surface area contributed by atoms with Crippen LogP contribution in [0.1, 0.15) is 32.6 Å². The highest BCUT2D eigenvalue weighted by Gasteiger charge is 2.42. The van der Waals surface area contributed by atoms with Crippen molar-refractivity contribution in [3.8, 4) is 11.4 Å². The second kappa shape index (κ2) is 5.80. The number of carbonyl (C=O) groups excluding carboxylic acids is 1. The van der Waals surface area contributed by atoms with Crippen molar-refractivity contribution in [3.05, 3.63) is 30.6 Å². The van der Waals surface area contributed by atoms with E-state index in [-0.39, 0.29) is 11.8 Å². The van der Waals surface area contributed by atoms with Crippen LogP contribution in [0, 0.1) is 17.8 Å². The van der Waals surface area contributed by atoms with Crippen molar-refractivity contribution < 1.29 is 4.79 Å². The third-order valence-corrected chi connectivity index (χ3v) is 5.42. The minimum Gasteiger partial charge on any atom is -0.326 e. The lowest BCUT2D eigenvalue weighted by atomic mass is 9.88. The normalized spacial score (nSPS) is 25.7. The summed E-state index contributed by atoms with van der Waals surface area (Å²) in [6, 6.07) is 7.90. The smallest absolute Gasteiger partial charge is 0.227 e. The second-order valence-corrected chi connectivity index (χ2v) is 6.79. The highest BCUT2D eigenvalue weighted by molar-refractivity contribution is 5.93. The van der Waals surface area contributed by atoms with Crippen molar-refractivity contribution in [2.24, 2.45) is 17.8 Å². The van der Waals surface area contributed by atoms with E-state index in [4.69, 9.17) is 0 Å². The largest absolute Gasteiger partial charge is 0.326 e. The number of nitrogens with one attached hydrogen (secondary N) is 1. The third kappa shape index (κ3) is 2.64. The molecule has 0 unspecified atom stereocenters. The molecule has 2 aliphatic rings. The van der Waals surface area contributed by atoms with Crippen molar-refractivity contribution in [1.29, 1.82) is 0 Å². The fourth-order valence-corrected chi connectivity index (χ4v) is 4.25. The van der Waals surface area contributed by atoms with E-state index in [9.17, 15) is 4.79 Å². The van der Waals surface area contributed by atoms with Gasteiger partial charge >= 0.3 is 0 Å². The Morgan fingerprint density at radius 2 is 2.26 bits per heavy atom. The van der Waals surface area contributed by atoms with Crippen LogP contribution in [0.2, 0.25) is 0 Å². The van der Waals surface area contributed by atoms with Crippen LogP contribution in [0.4, 0.5) is 5.69 Å². The Morgan fingerprint density at radius 1 is 1.35 bits per heavy atom. The van der Waals surface area contributed by atoms with Gasteiger partial charge in [-0.1, -0.05) is 18.6 Å². The summed E-state index contributed by atoms with van der Waals surface area (Å²) in [5.41, 5.74) is 1.83. The number of hydrogen-bond acceptors (Lipinski definition) is 3. The Labute approximate surface area is 136 Å². The van der Waals surface area contributed by atoms with Crippen molar-refractivity contribution in [2.75, 3.05) is 5.32 Å². The number of fused-ring (bicyclic) bond motifs is 2. The molecule has 1 aromatic carbocycles. The molecular weight excluding hydrogens is 288 g/mol. The zero-order chi connectivity index (χ0) is 15.8. The van der Waals surface area contributed by atoms with Gasteiger partial charge in [0.2, 0.25) is 5.91 Å². The minimum atomic E-state index is 0.186. The maximum Gasteiger partial charge on any atom is 0.227 e. The van der Waals surface area contributed by atoms with Gasteiger partial charge in [0.15, 0.2) is 5.82 Å². The number of amides is 1. The molecule has 3 atom stereocenters. The Bertz CT molecular complexity index is 723. The molecule has 0 radical (unpaired) electrons. The number of aryl methyl sites for hydroxylation is 1. The van der Waals surface area contributed by atoms with Gasteiger partial charge in [-0.15, -0.1) is 10.2 Å². The van der Waals surface area contributed by atoms with E-state index < -0.39 is 0 Å². The van der Waals surface area contributed by atoms with Crippen LogP contribution < -0.4 is 5.32 Å². The molecule has 5 nitrogen and oxygen atoms in total. The number of rotatable bonds is 4. The van der Waals surface area contributed by atoms with E-state index in [0.29, 0.717) is 5.92 Å². The maximum atomic E-state index is 12.6. The standard InChI is InChI=1S/C18H22N4O/c1-2-22-11-19-21-17(22)14-4-3-5-15(10-14)20-18(23)16-9-12-6-7-13(16)8-12/h3-5,10-13,16H,2,6-9H2,1H3,(H,20,23)/t12-,13-,16+/m0/s1. The average Bonchev–Trinajstić information content (AvgIpc) is 3.30. The van der Waals surface area contributed by atoms with E-state index in [2.05, 4.69) is 22.4 Å².